The summed E-state index contributed by atoms with van der Waals surface area (Å²) >= 11 is 0. The van der Waals surface area contributed by atoms with Crippen LogP contribution in [0.5, 0.6) is 5.75 Å². The third kappa shape index (κ3) is 3.09. The summed E-state index contributed by atoms with van der Waals surface area (Å²) in [6.07, 6.45) is 5.29. The van der Waals surface area contributed by atoms with Gasteiger partial charge in [0.2, 0.25) is 0 Å². The summed E-state index contributed by atoms with van der Waals surface area (Å²) in [5.41, 5.74) is 0. The first kappa shape index (κ1) is 15.3. The molecular formula is C17H22FNO3. The average molecular weight is 307 g/mol. The third-order valence-corrected chi connectivity index (χ3v) is 4.95. The summed E-state index contributed by atoms with van der Waals surface area (Å²) in [5, 5.41) is 9.45. The zero-order chi connectivity index (χ0) is 15.5. The van der Waals surface area contributed by atoms with Gasteiger partial charge in [-0.25, -0.2) is 4.39 Å². The van der Waals surface area contributed by atoms with Gasteiger partial charge in [0.15, 0.2) is 11.6 Å². The highest BCUT2D eigenvalue weighted by Gasteiger charge is 2.44. The Morgan fingerprint density at radius 2 is 2.09 bits per heavy atom. The van der Waals surface area contributed by atoms with Crippen molar-refractivity contribution >= 4 is 5.97 Å². The molecule has 5 heteroatoms. The van der Waals surface area contributed by atoms with Gasteiger partial charge in [-0.2, -0.15) is 0 Å². The van der Waals surface area contributed by atoms with E-state index in [1.165, 1.54) is 12.5 Å². The summed E-state index contributed by atoms with van der Waals surface area (Å²) < 4.78 is 19.0. The molecule has 2 aliphatic rings. The summed E-state index contributed by atoms with van der Waals surface area (Å²) in [6.45, 7) is 0.848. The molecule has 1 saturated carbocycles. The third-order valence-electron chi connectivity index (χ3n) is 4.95. The summed E-state index contributed by atoms with van der Waals surface area (Å²) in [4.78, 5) is 13.6. The molecule has 2 fully saturated rings. The van der Waals surface area contributed by atoms with Crippen LogP contribution in [-0.4, -0.2) is 41.2 Å². The Balaban J connectivity index is 1.61. The van der Waals surface area contributed by atoms with Crippen LogP contribution in [0.3, 0.4) is 0 Å². The van der Waals surface area contributed by atoms with Gasteiger partial charge in [-0.05, 0) is 37.3 Å². The lowest BCUT2D eigenvalue weighted by Crippen LogP contribution is -2.44. The van der Waals surface area contributed by atoms with Crippen LogP contribution < -0.4 is 4.74 Å². The molecule has 0 radical (unpaired) electrons. The van der Waals surface area contributed by atoms with Gasteiger partial charge in [-0.15, -0.1) is 0 Å². The van der Waals surface area contributed by atoms with Gasteiger partial charge < -0.3 is 9.84 Å². The number of halogens is 1. The van der Waals surface area contributed by atoms with Crippen molar-refractivity contribution in [1.82, 2.24) is 4.90 Å². The van der Waals surface area contributed by atoms with Crippen molar-refractivity contribution in [2.24, 2.45) is 5.92 Å². The van der Waals surface area contributed by atoms with Gasteiger partial charge in [0.25, 0.3) is 0 Å². The topological polar surface area (TPSA) is 49.8 Å². The van der Waals surface area contributed by atoms with E-state index in [0.29, 0.717) is 25.1 Å². The number of hydrogen-bond donors (Lipinski definition) is 1. The highest BCUT2D eigenvalue weighted by atomic mass is 19.1. The van der Waals surface area contributed by atoms with Crippen molar-refractivity contribution < 1.29 is 19.0 Å². The van der Waals surface area contributed by atoms with Crippen LogP contribution in [0.2, 0.25) is 0 Å². The zero-order valence-corrected chi connectivity index (χ0v) is 12.6. The van der Waals surface area contributed by atoms with Crippen molar-refractivity contribution in [3.63, 3.8) is 0 Å². The van der Waals surface area contributed by atoms with Crippen molar-refractivity contribution in [3.05, 3.63) is 30.1 Å². The molecule has 0 spiro atoms. The monoisotopic (exact) mass is 307 g/mol. The van der Waals surface area contributed by atoms with Crippen LogP contribution in [0.15, 0.2) is 24.3 Å². The van der Waals surface area contributed by atoms with Gasteiger partial charge in [-0.3, -0.25) is 9.69 Å². The van der Waals surface area contributed by atoms with Crippen molar-refractivity contribution in [1.29, 1.82) is 0 Å². The quantitative estimate of drug-likeness (QED) is 0.908. The smallest absolute Gasteiger partial charge is 0.320 e. The molecule has 1 saturated heterocycles. The molecule has 3 rings (SSSR count). The second-order valence-electron chi connectivity index (χ2n) is 6.22. The molecule has 1 heterocycles. The number of nitrogens with zero attached hydrogens (tertiary/aromatic N) is 1. The van der Waals surface area contributed by atoms with Crippen LogP contribution in [0, 0.1) is 11.7 Å². The van der Waals surface area contributed by atoms with E-state index >= 15 is 0 Å². The average Bonchev–Trinajstić information content (AvgIpc) is 2.88. The maximum atomic E-state index is 13.5. The molecule has 1 aliphatic carbocycles. The molecule has 0 amide bonds. The number of benzene rings is 1. The number of aliphatic carboxylic acids is 1. The molecular weight excluding hydrogens is 285 g/mol. The standard InChI is InChI=1S/C17H22FNO3/c18-13-6-2-4-8-16(13)22-10-9-19-14-7-3-1-5-12(14)11-15(19)17(20)21/h2,4,6,8,12,14-15H,1,3,5,7,9-11H2,(H,20,21). The molecule has 1 aromatic rings. The van der Waals surface area contributed by atoms with E-state index in [2.05, 4.69) is 4.90 Å². The fourth-order valence-electron chi connectivity index (χ4n) is 3.94. The fraction of sp³-hybridized carbons (Fsp3) is 0.588. The molecule has 1 aliphatic heterocycles. The summed E-state index contributed by atoms with van der Waals surface area (Å²) in [7, 11) is 0. The molecule has 0 aromatic heterocycles. The first-order valence-corrected chi connectivity index (χ1v) is 8.02. The summed E-state index contributed by atoms with van der Waals surface area (Å²) in [6, 6.07) is 6.23. The van der Waals surface area contributed by atoms with Gasteiger partial charge in [0.1, 0.15) is 12.6 Å². The number of likely N-dealkylation sites (tertiary alicyclic amines) is 1. The highest BCUT2D eigenvalue weighted by molar-refractivity contribution is 5.74. The van der Waals surface area contributed by atoms with E-state index in [4.69, 9.17) is 4.74 Å². The lowest BCUT2D eigenvalue weighted by molar-refractivity contribution is -0.142. The molecule has 1 N–H and O–H groups in total. The molecule has 3 unspecified atom stereocenters. The Morgan fingerprint density at radius 3 is 2.86 bits per heavy atom. The maximum Gasteiger partial charge on any atom is 0.320 e. The predicted molar refractivity (Wildman–Crippen MR) is 80.4 cm³/mol. The molecule has 1 aromatic carbocycles. The van der Waals surface area contributed by atoms with E-state index in [1.54, 1.807) is 18.2 Å². The fourth-order valence-corrected chi connectivity index (χ4v) is 3.94. The van der Waals surface area contributed by atoms with Crippen LogP contribution in [-0.2, 0) is 4.79 Å². The number of carbonyl (C=O) groups is 1. The molecule has 0 bridgehead atoms. The first-order valence-electron chi connectivity index (χ1n) is 8.02. The maximum absolute atomic E-state index is 13.5. The number of carboxylic acid groups (broad SMARTS) is 1. The number of carboxylic acids is 1. The summed E-state index contributed by atoms with van der Waals surface area (Å²) in [5.74, 6) is -0.411. The highest BCUT2D eigenvalue weighted by Crippen LogP contribution is 2.39. The number of ether oxygens (including phenoxy) is 1. The Labute approximate surface area is 129 Å². The molecule has 4 nitrogen and oxygen atoms in total. The SMILES string of the molecule is O=C(O)C1CC2CCCCC2N1CCOc1ccccc1F. The van der Waals surface area contributed by atoms with Crippen LogP contribution in [0.4, 0.5) is 4.39 Å². The van der Waals surface area contributed by atoms with Crippen LogP contribution in [0.25, 0.3) is 0 Å². The van der Waals surface area contributed by atoms with Gasteiger partial charge in [-0.1, -0.05) is 25.0 Å². The van der Waals surface area contributed by atoms with Crippen LogP contribution >= 0.6 is 0 Å². The predicted octanol–water partition coefficient (Wildman–Crippen LogP) is 2.92. The van der Waals surface area contributed by atoms with E-state index < -0.39 is 12.0 Å². The van der Waals surface area contributed by atoms with Crippen LogP contribution in [0.1, 0.15) is 32.1 Å². The Hall–Kier alpha value is -1.62. The minimum Gasteiger partial charge on any atom is -0.489 e. The molecule has 120 valence electrons. The minimum atomic E-state index is -0.750. The van der Waals surface area contributed by atoms with E-state index in [9.17, 15) is 14.3 Å². The van der Waals surface area contributed by atoms with E-state index in [1.807, 2.05) is 0 Å². The second kappa shape index (κ2) is 6.65. The largest absolute Gasteiger partial charge is 0.489 e. The normalized spacial score (nSPS) is 28.3. The lowest BCUT2D eigenvalue weighted by Gasteiger charge is -2.32. The lowest BCUT2D eigenvalue weighted by atomic mass is 9.85. The Kier molecular flexibility index (Phi) is 4.62. The number of para-hydroxylation sites is 1. The second-order valence-corrected chi connectivity index (χ2v) is 6.22. The Morgan fingerprint density at radius 1 is 1.32 bits per heavy atom. The number of hydrogen-bond acceptors (Lipinski definition) is 3. The van der Waals surface area contributed by atoms with E-state index in [-0.39, 0.29) is 11.6 Å². The Bertz CT molecular complexity index is 536. The minimum absolute atomic E-state index is 0.230. The van der Waals surface area contributed by atoms with Gasteiger partial charge in [0, 0.05) is 12.6 Å². The van der Waals surface area contributed by atoms with Crippen molar-refractivity contribution in [3.8, 4) is 5.75 Å². The number of fused-ring (bicyclic) bond motifs is 1. The van der Waals surface area contributed by atoms with E-state index in [0.717, 1.165) is 25.7 Å². The molecule has 3 atom stereocenters. The van der Waals surface area contributed by atoms with Gasteiger partial charge in [0.05, 0.1) is 0 Å². The zero-order valence-electron chi connectivity index (χ0n) is 12.6. The van der Waals surface area contributed by atoms with Crippen molar-refractivity contribution in [2.75, 3.05) is 13.2 Å². The first-order chi connectivity index (χ1) is 10.7. The van der Waals surface area contributed by atoms with Crippen molar-refractivity contribution in [2.45, 2.75) is 44.2 Å². The van der Waals surface area contributed by atoms with Gasteiger partial charge >= 0.3 is 5.97 Å². The number of rotatable bonds is 5. The molecule has 22 heavy (non-hydrogen) atoms.